The van der Waals surface area contributed by atoms with Gasteiger partial charge in [-0.25, -0.2) is 8.42 Å². The number of aromatic hydroxyl groups is 1. The van der Waals surface area contributed by atoms with Gasteiger partial charge in [0, 0.05) is 6.07 Å². The van der Waals surface area contributed by atoms with Crippen molar-refractivity contribution >= 4 is 58.0 Å². The molecule has 0 aromatic heterocycles. The summed E-state index contributed by atoms with van der Waals surface area (Å²) in [7, 11) is -8.71. The first-order valence-corrected chi connectivity index (χ1v) is 22.7. The molecule has 4 aromatic carbocycles. The van der Waals surface area contributed by atoms with E-state index in [1.54, 1.807) is 12.1 Å². The van der Waals surface area contributed by atoms with Crippen LogP contribution in [0.3, 0.4) is 0 Å². The van der Waals surface area contributed by atoms with E-state index in [2.05, 4.69) is 13.8 Å². The van der Waals surface area contributed by atoms with Crippen LogP contribution in [0.5, 0.6) is 34.5 Å². The van der Waals surface area contributed by atoms with E-state index in [4.69, 9.17) is 14.0 Å². The predicted octanol–water partition coefficient (Wildman–Crippen LogP) is 10.9. The van der Waals surface area contributed by atoms with Crippen molar-refractivity contribution in [2.24, 2.45) is 0 Å². The smallest absolute Gasteiger partial charge is 0.872 e. The van der Waals surface area contributed by atoms with E-state index in [-0.39, 0.29) is 59.0 Å². The van der Waals surface area contributed by atoms with Crippen LogP contribution in [0.4, 0.5) is 0 Å². The minimum atomic E-state index is -4.48. The molecule has 308 valence electrons. The normalized spacial score (nSPS) is 11.3. The first kappa shape index (κ1) is 50.3. The third-order valence-electron chi connectivity index (χ3n) is 9.23. The Balaban J connectivity index is 0.000000387. The van der Waals surface area contributed by atoms with Crippen LogP contribution in [-0.4, -0.2) is 68.8 Å². The van der Waals surface area contributed by atoms with Gasteiger partial charge in [0.05, 0.1) is 9.79 Å². The largest absolute Gasteiger partial charge is 2.00 e. The molecule has 0 amide bonds. The summed E-state index contributed by atoms with van der Waals surface area (Å²) in [5, 5.41) is 21.9. The Morgan fingerprint density at radius 3 is 1.32 bits per heavy atom. The zero-order chi connectivity index (χ0) is 40.8. The number of hydrogen-bond donors (Lipinski definition) is 2. The van der Waals surface area contributed by atoms with Crippen molar-refractivity contribution in [2.75, 3.05) is 0 Å². The van der Waals surface area contributed by atoms with Crippen molar-refractivity contribution < 1.29 is 45.6 Å². The Labute approximate surface area is 370 Å². The van der Waals surface area contributed by atoms with Crippen LogP contribution in [0.25, 0.3) is 0 Å². The maximum Gasteiger partial charge on any atom is 2.00 e. The van der Waals surface area contributed by atoms with Gasteiger partial charge in [-0.3, -0.25) is 4.55 Å². The molecule has 0 spiro atoms. The van der Waals surface area contributed by atoms with E-state index in [1.807, 2.05) is 12.1 Å². The van der Waals surface area contributed by atoms with Gasteiger partial charge in [0.2, 0.25) is 0 Å². The van der Waals surface area contributed by atoms with Gasteiger partial charge in [-0.05, 0) is 110 Å². The molecule has 0 unspecified atom stereocenters. The molecule has 13 heteroatoms. The van der Waals surface area contributed by atoms with Gasteiger partial charge in [0.25, 0.3) is 10.1 Å². The van der Waals surface area contributed by atoms with E-state index in [0.717, 1.165) is 43.2 Å². The average molecular weight is 851 g/mol. The zero-order valence-corrected chi connectivity index (χ0v) is 37.3. The van der Waals surface area contributed by atoms with Gasteiger partial charge in [-0.1, -0.05) is 110 Å². The third kappa shape index (κ3) is 21.1. The molecule has 0 atom stereocenters. The number of unbranched alkanes of at least 4 members (excludes halogenated alkanes) is 14. The van der Waals surface area contributed by atoms with Crippen LogP contribution < -0.4 is 14.6 Å². The minimum absolute atomic E-state index is 0. The number of benzene rings is 4. The maximum absolute atomic E-state index is 11.9. The van der Waals surface area contributed by atoms with Crippen molar-refractivity contribution in [3.63, 3.8) is 0 Å². The second-order valence-corrected chi connectivity index (χ2v) is 17.0. The minimum Gasteiger partial charge on any atom is -0.872 e. The van der Waals surface area contributed by atoms with Crippen LogP contribution in [0.15, 0.2) is 94.7 Å². The van der Waals surface area contributed by atoms with Crippen LogP contribution in [-0.2, 0) is 33.1 Å². The van der Waals surface area contributed by atoms with E-state index >= 15 is 0 Å². The maximum atomic E-state index is 11.9. The molecule has 0 saturated carbocycles. The number of rotatable bonds is 24. The number of ether oxygens (including phenoxy) is 2. The predicted molar refractivity (Wildman–Crippen MR) is 223 cm³/mol. The summed E-state index contributed by atoms with van der Waals surface area (Å²) < 4.78 is 75.5. The summed E-state index contributed by atoms with van der Waals surface area (Å²) in [5.41, 5.74) is 1.95. The van der Waals surface area contributed by atoms with Crippen molar-refractivity contribution in [3.05, 3.63) is 96.1 Å². The summed E-state index contributed by atoms with van der Waals surface area (Å²) >= 11 is 0. The van der Waals surface area contributed by atoms with Gasteiger partial charge < -0.3 is 24.2 Å². The molecule has 0 aliphatic carbocycles. The summed E-state index contributed by atoms with van der Waals surface area (Å²) in [6.07, 6.45) is 21.6. The molecular weight excluding hydrogens is 793 g/mol. The van der Waals surface area contributed by atoms with Crippen molar-refractivity contribution in [1.29, 1.82) is 0 Å². The fourth-order valence-corrected chi connectivity index (χ4v) is 7.18. The molecule has 0 radical (unpaired) electrons. The monoisotopic (exact) mass is 850 g/mol. The van der Waals surface area contributed by atoms with Gasteiger partial charge in [-0.15, -0.1) is 5.75 Å². The molecule has 0 aliphatic heterocycles. The second-order valence-electron chi connectivity index (χ2n) is 14.2. The van der Waals surface area contributed by atoms with Crippen LogP contribution >= 0.6 is 0 Å². The van der Waals surface area contributed by atoms with Crippen LogP contribution in [0.2, 0.25) is 0 Å². The van der Waals surface area contributed by atoms with Gasteiger partial charge >= 0.3 is 37.7 Å². The second kappa shape index (κ2) is 27.0. The number of phenols is 1. The molecule has 10 nitrogen and oxygen atoms in total. The van der Waals surface area contributed by atoms with Crippen LogP contribution in [0.1, 0.15) is 128 Å². The molecule has 0 fully saturated rings. The molecule has 0 saturated heterocycles. The quantitative estimate of drug-likeness (QED) is 0.0392. The SMILES string of the molecule is CCCCCCCCCCc1cc(O)cc(Oc2ccc(S(=O)(=O)O)cc2)c1.CCCCCCCCCCc1cc([O-])cc(Oc2ccc(S(=O)(=O)[O-])cc2)c1.[Ca+2]. The van der Waals surface area contributed by atoms with E-state index < -0.39 is 20.2 Å². The first-order valence-electron chi connectivity index (χ1n) is 19.9. The first-order chi connectivity index (χ1) is 26.8. The number of aryl methyl sites for hydroxylation is 2. The van der Waals surface area contributed by atoms with Crippen LogP contribution in [0, 0.1) is 0 Å². The standard InChI is InChI=1S/2C22H30O5S.Ca/c2*1-2-3-4-5-6-7-8-9-10-18-15-19(23)17-21(16-18)27-20-11-13-22(14-12-20)28(24,25)26;/h2*11-17,23H,2-10H2,1H3,(H,24,25,26);/q;;+2/p-2. The molecule has 57 heavy (non-hydrogen) atoms. The molecular formula is C44H58CaO10S2. The number of hydrogen-bond acceptors (Lipinski definition) is 9. The van der Waals surface area contributed by atoms with Gasteiger partial charge in [0.1, 0.15) is 38.9 Å². The van der Waals surface area contributed by atoms with E-state index in [0.29, 0.717) is 23.0 Å². The molecule has 4 rings (SSSR count). The van der Waals surface area contributed by atoms with Gasteiger partial charge in [-0.2, -0.15) is 8.42 Å². The van der Waals surface area contributed by atoms with E-state index in [1.165, 1.54) is 144 Å². The van der Waals surface area contributed by atoms with E-state index in [9.17, 15) is 31.6 Å². The zero-order valence-electron chi connectivity index (χ0n) is 33.5. The summed E-state index contributed by atoms with van der Waals surface area (Å²) in [6, 6.07) is 20.7. The van der Waals surface area contributed by atoms with Crippen molar-refractivity contribution in [3.8, 4) is 34.5 Å². The van der Waals surface area contributed by atoms with Crippen molar-refractivity contribution in [2.45, 2.75) is 139 Å². The Morgan fingerprint density at radius 1 is 0.509 bits per heavy atom. The molecule has 0 bridgehead atoms. The summed E-state index contributed by atoms with van der Waals surface area (Å²) in [4.78, 5) is -0.501. The Morgan fingerprint density at radius 2 is 0.895 bits per heavy atom. The molecule has 0 aliphatic rings. The topological polar surface area (TPSA) is 173 Å². The fourth-order valence-electron chi connectivity index (χ4n) is 6.23. The molecule has 0 heterocycles. The summed E-state index contributed by atoms with van der Waals surface area (Å²) in [5.74, 6) is 1.73. The Bertz CT molecular complexity index is 1810. The average Bonchev–Trinajstić information content (AvgIpc) is 3.13. The van der Waals surface area contributed by atoms with Gasteiger partial charge in [0.15, 0.2) is 0 Å². The molecule has 2 N–H and O–H groups in total. The summed E-state index contributed by atoms with van der Waals surface area (Å²) in [6.45, 7) is 4.44. The third-order valence-corrected chi connectivity index (χ3v) is 11.0. The van der Waals surface area contributed by atoms with Crippen molar-refractivity contribution in [1.82, 2.24) is 0 Å². The molecule has 4 aromatic rings. The number of phenolic OH excluding ortho intramolecular Hbond substituents is 1. The fraction of sp³-hybridized carbons (Fsp3) is 0.455. The Kier molecular flexibility index (Phi) is 23.8. The Hall–Kier alpha value is -2.84.